The van der Waals surface area contributed by atoms with Crippen LogP contribution < -0.4 is 4.72 Å². The van der Waals surface area contributed by atoms with Crippen LogP contribution in [0.2, 0.25) is 0 Å². The van der Waals surface area contributed by atoms with Gasteiger partial charge in [-0.05, 0) is 36.6 Å². The Hall–Kier alpha value is -1.17. The van der Waals surface area contributed by atoms with Crippen molar-refractivity contribution in [2.24, 2.45) is 5.92 Å². The van der Waals surface area contributed by atoms with Gasteiger partial charge in [0.25, 0.3) is 0 Å². The highest BCUT2D eigenvalue weighted by Gasteiger charge is 2.18. The van der Waals surface area contributed by atoms with E-state index in [0.717, 1.165) is 12.8 Å². The van der Waals surface area contributed by atoms with Gasteiger partial charge in [0.15, 0.2) is 0 Å². The molecule has 1 heterocycles. The zero-order valence-corrected chi connectivity index (χ0v) is 13.5. The fourth-order valence-electron chi connectivity index (χ4n) is 2.22. The minimum Gasteiger partial charge on any atom is -0.256 e. The summed E-state index contributed by atoms with van der Waals surface area (Å²) >= 11 is 5.73. The molecule has 114 valence electrons. The first kappa shape index (κ1) is 16.2. The second-order valence-electron chi connectivity index (χ2n) is 4.93. The van der Waals surface area contributed by atoms with Gasteiger partial charge in [0, 0.05) is 24.0 Å². The van der Waals surface area contributed by atoms with Gasteiger partial charge in [-0.15, -0.1) is 11.6 Å². The van der Waals surface area contributed by atoms with Crippen molar-refractivity contribution in [3.8, 4) is 0 Å². The number of rotatable bonds is 7. The van der Waals surface area contributed by atoms with Crippen molar-refractivity contribution in [1.82, 2.24) is 9.71 Å². The van der Waals surface area contributed by atoms with Crippen LogP contribution in [0.1, 0.15) is 19.8 Å². The van der Waals surface area contributed by atoms with Crippen molar-refractivity contribution in [1.29, 1.82) is 0 Å². The third-order valence-electron chi connectivity index (χ3n) is 3.55. The Morgan fingerprint density at radius 3 is 2.81 bits per heavy atom. The van der Waals surface area contributed by atoms with Gasteiger partial charge in [0.2, 0.25) is 10.0 Å². The van der Waals surface area contributed by atoms with Crippen LogP contribution in [-0.4, -0.2) is 25.8 Å². The Labute approximate surface area is 130 Å². The number of nitrogens with zero attached hydrogens (tertiary/aromatic N) is 1. The minimum absolute atomic E-state index is 0.255. The van der Waals surface area contributed by atoms with Crippen molar-refractivity contribution in [2.45, 2.75) is 24.7 Å². The molecule has 0 spiro atoms. The molecule has 1 atom stereocenters. The number of halogens is 1. The van der Waals surface area contributed by atoms with Crippen LogP contribution >= 0.6 is 11.6 Å². The van der Waals surface area contributed by atoms with Crippen LogP contribution in [0.5, 0.6) is 0 Å². The lowest BCUT2D eigenvalue weighted by Crippen LogP contribution is -2.29. The highest BCUT2D eigenvalue weighted by molar-refractivity contribution is 7.89. The van der Waals surface area contributed by atoms with Gasteiger partial charge in [-0.1, -0.05) is 19.4 Å². The van der Waals surface area contributed by atoms with E-state index in [1.165, 1.54) is 0 Å². The smallest absolute Gasteiger partial charge is 0.241 e. The van der Waals surface area contributed by atoms with Gasteiger partial charge in [-0.3, -0.25) is 4.98 Å². The summed E-state index contributed by atoms with van der Waals surface area (Å²) in [4.78, 5) is 4.46. The van der Waals surface area contributed by atoms with Gasteiger partial charge in [-0.2, -0.15) is 0 Å². The summed E-state index contributed by atoms with van der Waals surface area (Å²) in [5.74, 6) is 0.795. The topological polar surface area (TPSA) is 59.1 Å². The van der Waals surface area contributed by atoms with Crippen LogP contribution in [0, 0.1) is 5.92 Å². The fraction of sp³-hybridized carbons (Fsp3) is 0.400. The van der Waals surface area contributed by atoms with Gasteiger partial charge in [0.1, 0.15) is 0 Å². The monoisotopic (exact) mass is 326 g/mol. The van der Waals surface area contributed by atoms with Crippen LogP contribution in [0.3, 0.4) is 0 Å². The molecule has 0 saturated heterocycles. The van der Waals surface area contributed by atoms with Gasteiger partial charge in [0.05, 0.1) is 10.4 Å². The van der Waals surface area contributed by atoms with Crippen LogP contribution in [0.4, 0.5) is 0 Å². The average Bonchev–Trinajstić information content (AvgIpc) is 2.50. The molecule has 0 aliphatic heterocycles. The third kappa shape index (κ3) is 3.93. The van der Waals surface area contributed by atoms with Crippen molar-refractivity contribution in [3.63, 3.8) is 0 Å². The summed E-state index contributed by atoms with van der Waals surface area (Å²) in [6.07, 6.45) is 3.35. The van der Waals surface area contributed by atoms with E-state index < -0.39 is 10.0 Å². The van der Waals surface area contributed by atoms with Gasteiger partial charge >= 0.3 is 0 Å². The zero-order valence-electron chi connectivity index (χ0n) is 11.9. The second-order valence-corrected chi connectivity index (χ2v) is 7.04. The first-order chi connectivity index (χ1) is 10.1. The molecule has 2 aromatic rings. The maximum Gasteiger partial charge on any atom is 0.241 e. The van der Waals surface area contributed by atoms with E-state index in [0.29, 0.717) is 23.3 Å². The van der Waals surface area contributed by atoms with E-state index in [-0.39, 0.29) is 10.8 Å². The lowest BCUT2D eigenvalue weighted by molar-refractivity contribution is 0.481. The van der Waals surface area contributed by atoms with Crippen molar-refractivity contribution >= 4 is 32.5 Å². The molecule has 21 heavy (non-hydrogen) atoms. The molecule has 4 nitrogen and oxygen atoms in total. The number of pyridine rings is 1. The molecule has 0 radical (unpaired) electrons. The Kier molecular flexibility index (Phi) is 5.56. The number of nitrogens with one attached hydrogen (secondary N) is 1. The van der Waals surface area contributed by atoms with E-state index in [1.54, 1.807) is 36.5 Å². The summed E-state index contributed by atoms with van der Waals surface area (Å²) in [5.41, 5.74) is 0.674. The first-order valence-electron chi connectivity index (χ1n) is 6.98. The number of aromatic nitrogens is 1. The number of fused-ring (bicyclic) bond motifs is 1. The van der Waals surface area contributed by atoms with E-state index in [4.69, 9.17) is 11.6 Å². The normalized spacial score (nSPS) is 13.4. The highest BCUT2D eigenvalue weighted by atomic mass is 35.5. The molecule has 0 aliphatic rings. The number of sulfonamides is 1. The number of alkyl halides is 1. The predicted octanol–water partition coefficient (Wildman–Crippen LogP) is 3.17. The molecule has 0 amide bonds. The van der Waals surface area contributed by atoms with Crippen molar-refractivity contribution in [3.05, 3.63) is 36.5 Å². The summed E-state index contributed by atoms with van der Waals surface area (Å²) < 4.78 is 27.7. The Balaban J connectivity index is 2.26. The number of hydrogen-bond donors (Lipinski definition) is 1. The van der Waals surface area contributed by atoms with Gasteiger partial charge in [-0.25, -0.2) is 13.1 Å². The third-order valence-corrected chi connectivity index (χ3v) is 5.25. The fourth-order valence-corrected chi connectivity index (χ4v) is 3.86. The maximum atomic E-state index is 12.5. The Morgan fingerprint density at radius 1 is 1.29 bits per heavy atom. The quantitative estimate of drug-likeness (QED) is 0.795. The summed E-state index contributed by atoms with van der Waals surface area (Å²) in [5, 5.41) is 0.637. The predicted molar refractivity (Wildman–Crippen MR) is 86.0 cm³/mol. The lowest BCUT2D eigenvalue weighted by atomic mass is 10.0. The van der Waals surface area contributed by atoms with E-state index >= 15 is 0 Å². The van der Waals surface area contributed by atoms with Gasteiger partial charge < -0.3 is 0 Å². The summed E-state index contributed by atoms with van der Waals surface area (Å²) in [6.45, 7) is 2.44. The van der Waals surface area contributed by atoms with E-state index in [9.17, 15) is 8.42 Å². The molecule has 1 unspecified atom stereocenters. The molecule has 0 bridgehead atoms. The maximum absolute atomic E-state index is 12.5. The molecule has 2 rings (SSSR count). The van der Waals surface area contributed by atoms with Crippen LogP contribution in [-0.2, 0) is 10.0 Å². The molecular formula is C15H19ClN2O2S. The second kappa shape index (κ2) is 7.20. The molecule has 1 aromatic carbocycles. The van der Waals surface area contributed by atoms with Crippen molar-refractivity contribution in [2.75, 3.05) is 12.4 Å². The molecule has 0 saturated carbocycles. The molecular weight excluding hydrogens is 308 g/mol. The number of benzene rings is 1. The van der Waals surface area contributed by atoms with Crippen LogP contribution in [0.15, 0.2) is 41.4 Å². The summed E-state index contributed by atoms with van der Waals surface area (Å²) in [7, 11) is -3.54. The summed E-state index contributed by atoms with van der Waals surface area (Å²) in [6, 6.07) is 8.63. The molecule has 1 aromatic heterocycles. The number of hydrogen-bond acceptors (Lipinski definition) is 3. The average molecular weight is 327 g/mol. The molecule has 1 N–H and O–H groups in total. The van der Waals surface area contributed by atoms with Crippen LogP contribution in [0.25, 0.3) is 10.9 Å². The highest BCUT2D eigenvalue weighted by Crippen LogP contribution is 2.21. The molecule has 0 aliphatic carbocycles. The Morgan fingerprint density at radius 2 is 2.10 bits per heavy atom. The van der Waals surface area contributed by atoms with E-state index in [2.05, 4.69) is 9.71 Å². The van der Waals surface area contributed by atoms with E-state index in [1.807, 2.05) is 6.92 Å². The first-order valence-corrected chi connectivity index (χ1v) is 8.99. The molecule has 6 heteroatoms. The minimum atomic E-state index is -3.54. The SMILES string of the molecule is CCC(CCCl)CNS(=O)(=O)c1cccc2ncccc12. The standard InChI is InChI=1S/C15H19ClN2O2S/c1-2-12(8-9-16)11-18-21(19,20)15-7-3-6-14-13(15)5-4-10-17-14/h3-7,10,12,18H,2,8-9,11H2,1H3. The lowest BCUT2D eigenvalue weighted by Gasteiger charge is -2.15. The largest absolute Gasteiger partial charge is 0.256 e. The Bertz CT molecular complexity index is 698. The molecule has 0 fully saturated rings. The van der Waals surface area contributed by atoms with Crippen molar-refractivity contribution < 1.29 is 8.42 Å². The zero-order chi connectivity index (χ0) is 15.3.